The first kappa shape index (κ1) is 24.1. The summed E-state index contributed by atoms with van der Waals surface area (Å²) in [7, 11) is 0. The highest BCUT2D eigenvalue weighted by atomic mass is 79.9. The largest absolute Gasteiger partial charge is 0.466 e. The van der Waals surface area contributed by atoms with Gasteiger partial charge in [-0.05, 0) is 31.9 Å². The minimum Gasteiger partial charge on any atom is -0.466 e. The summed E-state index contributed by atoms with van der Waals surface area (Å²) >= 11 is 3.61. The fourth-order valence-electron chi connectivity index (χ4n) is 5.97. The van der Waals surface area contributed by atoms with Crippen LogP contribution in [0.4, 0.5) is 0 Å². The number of hydrogen-bond donors (Lipinski definition) is 2. The SMILES string of the molecule is CCOC(=O)[C@@H]1[C@H]2O[C@@]3(CC2Br)[C@H](C(=O)NCn2nnc4ccccc42)N([C@@H](CC)CO)C(=O)[C@@H]13. The number of benzene rings is 1. The predicted octanol–water partition coefficient (Wildman–Crippen LogP) is 0.587. The van der Waals surface area contributed by atoms with Crippen molar-refractivity contribution in [3.8, 4) is 0 Å². The molecule has 3 fully saturated rings. The Morgan fingerprint density at radius 3 is 2.86 bits per heavy atom. The van der Waals surface area contributed by atoms with Crippen molar-refractivity contribution in [2.75, 3.05) is 13.2 Å². The molecule has 1 aromatic heterocycles. The van der Waals surface area contributed by atoms with E-state index < -0.39 is 47.5 Å². The van der Waals surface area contributed by atoms with Gasteiger partial charge in [0, 0.05) is 4.83 Å². The normalized spacial score (nSPS) is 32.2. The number of rotatable bonds is 8. The number of nitrogens with zero attached hydrogens (tertiary/aromatic N) is 4. The van der Waals surface area contributed by atoms with Gasteiger partial charge >= 0.3 is 5.97 Å². The van der Waals surface area contributed by atoms with Gasteiger partial charge in [0.1, 0.15) is 23.8 Å². The molecule has 12 heteroatoms. The van der Waals surface area contributed by atoms with E-state index in [0.717, 1.165) is 5.52 Å². The van der Waals surface area contributed by atoms with Crippen molar-refractivity contribution in [1.29, 1.82) is 0 Å². The molecule has 1 aromatic carbocycles. The second-order valence-electron chi connectivity index (χ2n) is 9.18. The van der Waals surface area contributed by atoms with E-state index in [1.54, 1.807) is 11.6 Å². The predicted molar refractivity (Wildman–Crippen MR) is 126 cm³/mol. The Morgan fingerprint density at radius 2 is 2.14 bits per heavy atom. The number of nitrogens with one attached hydrogen (secondary N) is 1. The molecule has 2 N–H and O–H groups in total. The zero-order valence-corrected chi connectivity index (χ0v) is 21.1. The first-order valence-corrected chi connectivity index (χ1v) is 12.8. The number of aliphatic hydroxyl groups excluding tert-OH is 1. The molecule has 0 saturated carbocycles. The smallest absolute Gasteiger partial charge is 0.312 e. The maximum atomic E-state index is 13.8. The summed E-state index contributed by atoms with van der Waals surface area (Å²) in [5, 5.41) is 21.1. The molecule has 188 valence electrons. The monoisotopic (exact) mass is 549 g/mol. The third kappa shape index (κ3) is 3.56. The third-order valence-corrected chi connectivity index (χ3v) is 8.28. The molecule has 5 rings (SSSR count). The first-order chi connectivity index (χ1) is 16.9. The van der Waals surface area contributed by atoms with E-state index >= 15 is 0 Å². The molecule has 3 aliphatic rings. The summed E-state index contributed by atoms with van der Waals surface area (Å²) in [5.74, 6) is -2.98. The average Bonchev–Trinajstić information content (AvgIpc) is 3.56. The van der Waals surface area contributed by atoms with Gasteiger partial charge in [-0.25, -0.2) is 4.68 Å². The Morgan fingerprint density at radius 1 is 1.37 bits per heavy atom. The van der Waals surface area contributed by atoms with E-state index in [-0.39, 0.29) is 30.6 Å². The molecule has 0 aliphatic carbocycles. The van der Waals surface area contributed by atoms with Crippen LogP contribution >= 0.6 is 15.9 Å². The van der Waals surface area contributed by atoms with Crippen LogP contribution in [-0.4, -0.2) is 84.6 Å². The highest BCUT2D eigenvalue weighted by Gasteiger charge is 2.77. The van der Waals surface area contributed by atoms with Crippen LogP contribution in [0.3, 0.4) is 0 Å². The standard InChI is InChI=1S/C23H28BrN5O6/c1-3-12(10-30)29-19(20(31)25-11-28-15-8-6-5-7-14(15)26-27-28)23-9-13(24)18(35-23)16(17(23)21(29)32)22(33)34-4-2/h5-8,12-13,16-19,30H,3-4,9-11H2,1-2H3,(H,25,31)/t12-,13?,16-,17+,18-,19-,23+/m0/s1. The van der Waals surface area contributed by atoms with Crippen LogP contribution in [0.1, 0.15) is 26.7 Å². The number of para-hydroxylation sites is 1. The Kier molecular flexibility index (Phi) is 6.30. The van der Waals surface area contributed by atoms with Crippen molar-refractivity contribution in [3.63, 3.8) is 0 Å². The highest BCUT2D eigenvalue weighted by molar-refractivity contribution is 9.09. The highest BCUT2D eigenvalue weighted by Crippen LogP contribution is 2.60. The quantitative estimate of drug-likeness (QED) is 0.360. The molecule has 3 saturated heterocycles. The van der Waals surface area contributed by atoms with E-state index in [9.17, 15) is 19.5 Å². The molecule has 0 radical (unpaired) electrons. The number of aliphatic hydroxyl groups is 1. The second-order valence-corrected chi connectivity index (χ2v) is 10.4. The molecule has 1 spiro atoms. The minimum atomic E-state index is -1.20. The van der Waals surface area contributed by atoms with Crippen molar-refractivity contribution in [2.24, 2.45) is 11.8 Å². The summed E-state index contributed by atoms with van der Waals surface area (Å²) in [6, 6.07) is 5.77. The number of fused-ring (bicyclic) bond motifs is 2. The lowest BCUT2D eigenvalue weighted by Crippen LogP contribution is -2.58. The van der Waals surface area contributed by atoms with Gasteiger partial charge in [-0.1, -0.05) is 40.2 Å². The maximum absolute atomic E-state index is 13.8. The van der Waals surface area contributed by atoms with E-state index in [4.69, 9.17) is 9.47 Å². The summed E-state index contributed by atoms with van der Waals surface area (Å²) in [6.45, 7) is 3.45. The number of ether oxygens (including phenoxy) is 2. The van der Waals surface area contributed by atoms with Crippen LogP contribution < -0.4 is 5.32 Å². The summed E-state index contributed by atoms with van der Waals surface area (Å²) in [5.41, 5.74) is 0.247. The minimum absolute atomic E-state index is 0.0387. The number of amides is 2. The molecule has 4 heterocycles. The third-order valence-electron chi connectivity index (χ3n) is 7.43. The van der Waals surface area contributed by atoms with Crippen LogP contribution in [0.25, 0.3) is 11.0 Å². The molecule has 2 aromatic rings. The lowest BCUT2D eigenvalue weighted by molar-refractivity contribution is -0.155. The summed E-state index contributed by atoms with van der Waals surface area (Å²) < 4.78 is 13.2. The van der Waals surface area contributed by atoms with Crippen LogP contribution in [0, 0.1) is 11.8 Å². The Hall–Kier alpha value is -2.57. The van der Waals surface area contributed by atoms with Crippen LogP contribution in [0.15, 0.2) is 24.3 Å². The second kappa shape index (κ2) is 9.14. The van der Waals surface area contributed by atoms with Gasteiger partial charge in [0.05, 0.1) is 42.7 Å². The molecular formula is C23H28BrN5O6. The van der Waals surface area contributed by atoms with Crippen molar-refractivity contribution >= 4 is 44.7 Å². The van der Waals surface area contributed by atoms with Gasteiger partial charge in [0.25, 0.3) is 0 Å². The molecule has 7 atom stereocenters. The van der Waals surface area contributed by atoms with Crippen LogP contribution in [0.5, 0.6) is 0 Å². The van der Waals surface area contributed by atoms with Crippen LogP contribution in [-0.2, 0) is 30.5 Å². The number of carbonyl (C=O) groups excluding carboxylic acids is 3. The van der Waals surface area contributed by atoms with Gasteiger partial charge in [0.15, 0.2) is 0 Å². The number of hydrogen-bond acceptors (Lipinski definition) is 8. The summed E-state index contributed by atoms with van der Waals surface area (Å²) in [6.07, 6.45) is 0.245. The topological polar surface area (TPSA) is 136 Å². The first-order valence-electron chi connectivity index (χ1n) is 11.8. The van der Waals surface area contributed by atoms with Crippen molar-refractivity contribution in [1.82, 2.24) is 25.2 Å². The zero-order chi connectivity index (χ0) is 24.9. The van der Waals surface area contributed by atoms with Gasteiger partial charge in [-0.3, -0.25) is 14.4 Å². The molecule has 3 aliphatic heterocycles. The van der Waals surface area contributed by atoms with Gasteiger partial charge in [0.2, 0.25) is 11.8 Å². The number of alkyl halides is 1. The van der Waals surface area contributed by atoms with Crippen molar-refractivity contribution in [2.45, 2.75) is 62.0 Å². The van der Waals surface area contributed by atoms with Gasteiger partial charge in [-0.15, -0.1) is 5.10 Å². The Bertz CT molecular complexity index is 1150. The lowest BCUT2D eigenvalue weighted by atomic mass is 9.70. The fraction of sp³-hybridized carbons (Fsp3) is 0.609. The number of aromatic nitrogens is 3. The van der Waals surface area contributed by atoms with Gasteiger partial charge < -0.3 is 24.8 Å². The van der Waals surface area contributed by atoms with Gasteiger partial charge in [-0.2, -0.15) is 0 Å². The lowest BCUT2D eigenvalue weighted by Gasteiger charge is -2.36. The molecule has 35 heavy (non-hydrogen) atoms. The Labute approximate surface area is 210 Å². The number of carbonyl (C=O) groups is 3. The zero-order valence-electron chi connectivity index (χ0n) is 19.5. The van der Waals surface area contributed by atoms with E-state index in [0.29, 0.717) is 18.4 Å². The van der Waals surface area contributed by atoms with Crippen LogP contribution in [0.2, 0.25) is 0 Å². The van der Waals surface area contributed by atoms with E-state index in [2.05, 4.69) is 31.6 Å². The number of esters is 1. The number of likely N-dealkylation sites (tertiary alicyclic amines) is 1. The van der Waals surface area contributed by atoms with Crippen molar-refractivity contribution in [3.05, 3.63) is 24.3 Å². The molecule has 11 nitrogen and oxygen atoms in total. The Balaban J connectivity index is 1.49. The van der Waals surface area contributed by atoms with E-state index in [1.807, 2.05) is 31.2 Å². The maximum Gasteiger partial charge on any atom is 0.312 e. The molecule has 2 amide bonds. The number of halogens is 1. The van der Waals surface area contributed by atoms with Crippen molar-refractivity contribution < 1.29 is 29.0 Å². The average molecular weight is 550 g/mol. The summed E-state index contributed by atoms with van der Waals surface area (Å²) in [4.78, 5) is 41.6. The van der Waals surface area contributed by atoms with E-state index in [1.165, 1.54) is 4.90 Å². The molecular weight excluding hydrogens is 522 g/mol. The molecule has 2 bridgehead atoms. The molecule has 1 unspecified atom stereocenters. The fourth-order valence-corrected chi connectivity index (χ4v) is 6.91.